The van der Waals surface area contributed by atoms with Crippen LogP contribution in [0.2, 0.25) is 0 Å². The molecule has 1 aromatic heterocycles. The highest BCUT2D eigenvalue weighted by atomic mass is 32.2. The van der Waals surface area contributed by atoms with Gasteiger partial charge in [0, 0.05) is 22.9 Å². The molecular formula is C24H22N2O5S3. The van der Waals surface area contributed by atoms with Crippen molar-refractivity contribution in [2.24, 2.45) is 5.92 Å². The Morgan fingerprint density at radius 1 is 0.912 bits per heavy atom. The predicted molar refractivity (Wildman–Crippen MR) is 131 cm³/mol. The lowest BCUT2D eigenvalue weighted by Crippen LogP contribution is -2.41. The zero-order chi connectivity index (χ0) is 23.7. The zero-order valence-electron chi connectivity index (χ0n) is 18.1. The largest absolute Gasteiger partial charge is 0.455 e. The number of para-hydroxylation sites is 2. The number of hydrogen-bond acceptors (Lipinski definition) is 7. The first-order valence-corrected chi connectivity index (χ1v) is 14.0. The summed E-state index contributed by atoms with van der Waals surface area (Å²) in [6.07, 6.45) is 0.729. The number of thiophene rings is 1. The van der Waals surface area contributed by atoms with Crippen LogP contribution in [0.4, 0.5) is 11.4 Å². The number of fused-ring (bicyclic) bond motifs is 2. The minimum Gasteiger partial charge on any atom is -0.455 e. The third-order valence-electron chi connectivity index (χ3n) is 5.90. The Labute approximate surface area is 206 Å². The maximum atomic E-state index is 13.2. The molecule has 176 valence electrons. The van der Waals surface area contributed by atoms with E-state index >= 15 is 0 Å². The van der Waals surface area contributed by atoms with E-state index < -0.39 is 21.9 Å². The number of amides is 1. The molecule has 1 saturated heterocycles. The first kappa shape index (κ1) is 23.1. The third-order valence-corrected chi connectivity index (χ3v) is 10.3. The number of carbonyl (C=O) groups excluding carboxylic acids is 2. The van der Waals surface area contributed by atoms with Crippen molar-refractivity contribution in [3.63, 3.8) is 0 Å². The summed E-state index contributed by atoms with van der Waals surface area (Å²) >= 11 is 2.78. The van der Waals surface area contributed by atoms with E-state index in [1.807, 2.05) is 48.5 Å². The van der Waals surface area contributed by atoms with E-state index in [1.54, 1.807) is 34.2 Å². The van der Waals surface area contributed by atoms with Gasteiger partial charge in [0.15, 0.2) is 6.61 Å². The predicted octanol–water partition coefficient (Wildman–Crippen LogP) is 4.52. The van der Waals surface area contributed by atoms with Crippen molar-refractivity contribution < 1.29 is 22.7 Å². The van der Waals surface area contributed by atoms with Crippen molar-refractivity contribution >= 4 is 56.4 Å². The minimum absolute atomic E-state index is 0.248. The Kier molecular flexibility index (Phi) is 6.48. The number of hydrogen-bond donors (Lipinski definition) is 0. The fourth-order valence-corrected chi connectivity index (χ4v) is 7.83. The quantitative estimate of drug-likeness (QED) is 0.466. The standard InChI is InChI=1S/C24H22N2O5S3/c27-22(26-18-6-1-3-8-20(18)33-21-9-4-2-7-19(21)26)16-31-24(28)17-11-13-25(14-12-17)34(29,30)23-10-5-15-32-23/h1-10,15,17H,11-14,16H2. The number of rotatable bonds is 5. The molecule has 1 amide bonds. The maximum absolute atomic E-state index is 13.2. The lowest BCUT2D eigenvalue weighted by atomic mass is 9.98. The van der Waals surface area contributed by atoms with Gasteiger partial charge in [-0.25, -0.2) is 8.42 Å². The summed E-state index contributed by atoms with van der Waals surface area (Å²) in [6, 6.07) is 18.6. The van der Waals surface area contributed by atoms with Crippen LogP contribution in [-0.4, -0.2) is 44.3 Å². The van der Waals surface area contributed by atoms with Crippen molar-refractivity contribution in [2.75, 3.05) is 24.6 Å². The second-order valence-electron chi connectivity index (χ2n) is 7.98. The van der Waals surface area contributed by atoms with Crippen LogP contribution in [0.15, 0.2) is 80.0 Å². The van der Waals surface area contributed by atoms with Crippen molar-refractivity contribution in [3.05, 3.63) is 66.0 Å². The first-order chi connectivity index (χ1) is 16.4. The van der Waals surface area contributed by atoms with Crippen LogP contribution in [0.25, 0.3) is 0 Å². The molecule has 0 atom stereocenters. The molecule has 0 spiro atoms. The zero-order valence-corrected chi connectivity index (χ0v) is 20.6. The van der Waals surface area contributed by atoms with Crippen LogP contribution in [0, 0.1) is 5.92 Å². The summed E-state index contributed by atoms with van der Waals surface area (Å²) < 4.78 is 32.5. The molecule has 2 aliphatic rings. The molecule has 0 bridgehead atoms. The van der Waals surface area contributed by atoms with Gasteiger partial charge in [0.05, 0.1) is 17.3 Å². The molecule has 3 aromatic rings. The summed E-state index contributed by atoms with van der Waals surface area (Å²) in [4.78, 5) is 29.4. The Bertz CT molecular complexity index is 1270. The lowest BCUT2D eigenvalue weighted by molar-refractivity contribution is -0.153. The average Bonchev–Trinajstić information content (AvgIpc) is 3.42. The van der Waals surface area contributed by atoms with E-state index in [2.05, 4.69) is 0 Å². The molecule has 10 heteroatoms. The normalized spacial score (nSPS) is 16.5. The van der Waals surface area contributed by atoms with Gasteiger partial charge in [0.1, 0.15) is 4.21 Å². The van der Waals surface area contributed by atoms with Crippen molar-refractivity contribution in [3.8, 4) is 0 Å². The van der Waals surface area contributed by atoms with E-state index in [9.17, 15) is 18.0 Å². The van der Waals surface area contributed by atoms with Crippen LogP contribution < -0.4 is 4.90 Å². The van der Waals surface area contributed by atoms with Gasteiger partial charge in [0.2, 0.25) is 0 Å². The monoisotopic (exact) mass is 514 g/mol. The number of benzene rings is 2. The van der Waals surface area contributed by atoms with E-state index in [4.69, 9.17) is 4.74 Å². The van der Waals surface area contributed by atoms with Crippen molar-refractivity contribution in [2.45, 2.75) is 26.8 Å². The van der Waals surface area contributed by atoms with Crippen molar-refractivity contribution in [1.29, 1.82) is 0 Å². The van der Waals surface area contributed by atoms with Crippen molar-refractivity contribution in [1.82, 2.24) is 4.31 Å². The highest BCUT2D eigenvalue weighted by Crippen LogP contribution is 2.47. The topological polar surface area (TPSA) is 84.0 Å². The van der Waals surface area contributed by atoms with Gasteiger partial charge in [-0.3, -0.25) is 14.5 Å². The molecule has 0 unspecified atom stereocenters. The molecule has 0 saturated carbocycles. The van der Waals surface area contributed by atoms with E-state index in [0.717, 1.165) is 21.2 Å². The fraction of sp³-hybridized carbons (Fsp3) is 0.250. The third kappa shape index (κ3) is 4.38. The highest BCUT2D eigenvalue weighted by Gasteiger charge is 2.34. The molecule has 2 aliphatic heterocycles. The molecule has 5 rings (SSSR count). The molecule has 0 radical (unpaired) electrons. The highest BCUT2D eigenvalue weighted by molar-refractivity contribution is 7.99. The second-order valence-corrected chi connectivity index (χ2v) is 12.2. The molecule has 3 heterocycles. The van der Waals surface area contributed by atoms with E-state index in [0.29, 0.717) is 17.1 Å². The van der Waals surface area contributed by atoms with Crippen LogP contribution in [0.5, 0.6) is 0 Å². The average molecular weight is 515 g/mol. The number of nitrogens with zero attached hydrogens (tertiary/aromatic N) is 2. The molecule has 7 nitrogen and oxygen atoms in total. The summed E-state index contributed by atoms with van der Waals surface area (Å²) in [7, 11) is -3.53. The Balaban J connectivity index is 1.22. The molecular weight excluding hydrogens is 492 g/mol. The summed E-state index contributed by atoms with van der Waals surface area (Å²) in [5, 5.41) is 1.73. The Morgan fingerprint density at radius 3 is 2.12 bits per heavy atom. The number of esters is 1. The molecule has 0 aliphatic carbocycles. The number of piperidine rings is 1. The van der Waals surface area contributed by atoms with Crippen LogP contribution >= 0.6 is 23.1 Å². The molecule has 2 aromatic carbocycles. The SMILES string of the molecule is O=C(OCC(=O)N1c2ccccc2Sc2ccccc21)C1CCN(S(=O)(=O)c2cccs2)CC1. The number of sulfonamides is 1. The van der Waals surface area contributed by atoms with Gasteiger partial charge in [-0.2, -0.15) is 4.31 Å². The molecule has 1 fully saturated rings. The lowest BCUT2D eigenvalue weighted by Gasteiger charge is -2.31. The smallest absolute Gasteiger partial charge is 0.309 e. The first-order valence-electron chi connectivity index (χ1n) is 10.8. The van der Waals surface area contributed by atoms with Gasteiger partial charge in [0.25, 0.3) is 15.9 Å². The Morgan fingerprint density at radius 2 is 1.53 bits per heavy atom. The molecule has 34 heavy (non-hydrogen) atoms. The van der Waals surface area contributed by atoms with Gasteiger partial charge in [-0.05, 0) is 48.6 Å². The maximum Gasteiger partial charge on any atom is 0.309 e. The summed E-state index contributed by atoms with van der Waals surface area (Å²) in [5.41, 5.74) is 1.53. The summed E-state index contributed by atoms with van der Waals surface area (Å²) in [5.74, 6) is -1.22. The Hall–Kier alpha value is -2.66. The molecule has 0 N–H and O–H groups in total. The van der Waals surface area contributed by atoms with Gasteiger partial charge >= 0.3 is 5.97 Å². The van der Waals surface area contributed by atoms with Gasteiger partial charge in [-0.15, -0.1) is 11.3 Å². The van der Waals surface area contributed by atoms with Gasteiger partial charge < -0.3 is 4.74 Å². The minimum atomic E-state index is -3.53. The van der Waals surface area contributed by atoms with Gasteiger partial charge in [-0.1, -0.05) is 42.1 Å². The van der Waals surface area contributed by atoms with Crippen LogP contribution in [-0.2, 0) is 24.3 Å². The van der Waals surface area contributed by atoms with E-state index in [-0.39, 0.29) is 25.6 Å². The summed E-state index contributed by atoms with van der Waals surface area (Å²) in [6.45, 7) is 0.121. The number of anilines is 2. The number of carbonyl (C=O) groups is 2. The number of ether oxygens (including phenoxy) is 1. The van der Waals surface area contributed by atoms with Crippen LogP contribution in [0.1, 0.15) is 12.8 Å². The van der Waals surface area contributed by atoms with Crippen LogP contribution in [0.3, 0.4) is 0 Å². The second kappa shape index (κ2) is 9.53. The fourth-order valence-electron chi connectivity index (χ4n) is 4.16. The van der Waals surface area contributed by atoms with E-state index in [1.165, 1.54) is 15.6 Å².